The number of thiol groups is 1. The van der Waals surface area contributed by atoms with Gasteiger partial charge in [-0.3, -0.25) is 19.2 Å². The summed E-state index contributed by atoms with van der Waals surface area (Å²) in [6.07, 6.45) is 3.34. The van der Waals surface area contributed by atoms with E-state index in [0.29, 0.717) is 25.1 Å². The zero-order valence-corrected chi connectivity index (χ0v) is 19.3. The lowest BCUT2D eigenvalue weighted by Gasteiger charge is -2.23. The number of carboxylic acid groups (broad SMARTS) is 2. The first kappa shape index (κ1) is 28.9. The summed E-state index contributed by atoms with van der Waals surface area (Å²) in [4.78, 5) is 66.8. The lowest BCUT2D eigenvalue weighted by molar-refractivity contribution is -0.143. The van der Waals surface area contributed by atoms with Gasteiger partial charge in [-0.15, -0.1) is 0 Å². The van der Waals surface area contributed by atoms with E-state index in [1.807, 2.05) is 0 Å². The van der Waals surface area contributed by atoms with Crippen LogP contribution < -0.4 is 27.4 Å². The second kappa shape index (κ2) is 14.9. The third-order valence-corrected chi connectivity index (χ3v) is 5.09. The molecule has 34 heavy (non-hydrogen) atoms. The number of hydrogen-bond acceptors (Lipinski definition) is 9. The van der Waals surface area contributed by atoms with E-state index < -0.39 is 60.2 Å². The standard InChI is InChI=1S/C19H31N7O7S/c20-4-2-1-3-12(19(32)33)24-18(31)14(8-34)26-17(30)13(6-15(27)28)25-16(29)11(21)5-10-7-22-9-23-10/h7,9,11-14,34H,1-6,8,20-21H2,(H,22,23)(H,24,31)(H,25,29)(H,26,30)(H,27,28)(H,32,33). The number of aromatic amines is 1. The van der Waals surface area contributed by atoms with Gasteiger partial charge >= 0.3 is 11.9 Å². The van der Waals surface area contributed by atoms with Crippen LogP contribution in [0.5, 0.6) is 0 Å². The summed E-state index contributed by atoms with van der Waals surface area (Å²) in [5, 5.41) is 25.3. The first-order chi connectivity index (χ1) is 16.1. The predicted octanol–water partition coefficient (Wildman–Crippen LogP) is -2.65. The molecule has 1 heterocycles. The van der Waals surface area contributed by atoms with Gasteiger partial charge in [0.2, 0.25) is 17.7 Å². The molecule has 15 heteroatoms. The minimum absolute atomic E-state index is 0.0651. The second-order valence-corrected chi connectivity index (χ2v) is 7.84. The number of carbonyl (C=O) groups is 5. The third-order valence-electron chi connectivity index (χ3n) is 4.72. The van der Waals surface area contributed by atoms with Crippen molar-refractivity contribution in [2.45, 2.75) is 56.3 Å². The average Bonchev–Trinajstić information content (AvgIpc) is 3.28. The van der Waals surface area contributed by atoms with Crippen molar-refractivity contribution in [1.29, 1.82) is 0 Å². The Balaban J connectivity index is 2.79. The zero-order chi connectivity index (χ0) is 25.7. The quantitative estimate of drug-likeness (QED) is 0.0841. The molecule has 1 rings (SSSR count). The van der Waals surface area contributed by atoms with Crippen LogP contribution >= 0.6 is 12.6 Å². The SMILES string of the molecule is NCCCCC(NC(=O)C(CS)NC(=O)C(CC(=O)O)NC(=O)C(N)Cc1cnc[nH]1)C(=O)O. The number of aliphatic carboxylic acids is 2. The van der Waals surface area contributed by atoms with Crippen LogP contribution in [0.15, 0.2) is 12.5 Å². The fourth-order valence-corrected chi connectivity index (χ4v) is 3.13. The van der Waals surface area contributed by atoms with Crippen LogP contribution in [0.4, 0.5) is 0 Å². The molecule has 1 aromatic rings. The number of aromatic nitrogens is 2. The Bertz CT molecular complexity index is 837. The Morgan fingerprint density at radius 3 is 2.15 bits per heavy atom. The van der Waals surface area contributed by atoms with E-state index in [9.17, 15) is 29.1 Å². The molecule has 0 aliphatic carbocycles. The summed E-state index contributed by atoms with van der Waals surface area (Å²) in [5.74, 6) is -5.40. The number of H-pyrrole nitrogens is 1. The maximum atomic E-state index is 12.7. The van der Waals surface area contributed by atoms with E-state index in [4.69, 9.17) is 16.6 Å². The molecule has 190 valence electrons. The van der Waals surface area contributed by atoms with Gasteiger partial charge in [0, 0.05) is 24.1 Å². The van der Waals surface area contributed by atoms with E-state index in [2.05, 4.69) is 38.5 Å². The third kappa shape index (κ3) is 10.2. The minimum atomic E-state index is -1.53. The highest BCUT2D eigenvalue weighted by atomic mass is 32.1. The molecule has 0 saturated heterocycles. The summed E-state index contributed by atoms with van der Waals surface area (Å²) >= 11 is 4.01. The highest BCUT2D eigenvalue weighted by Gasteiger charge is 2.31. The van der Waals surface area contributed by atoms with E-state index in [0.717, 1.165) is 0 Å². The number of imidazole rings is 1. The number of nitrogens with two attached hydrogens (primary N) is 2. The number of carboxylic acids is 2. The number of hydrogen-bond donors (Lipinski definition) is 9. The Hall–Kier alpha value is -3.17. The first-order valence-electron chi connectivity index (χ1n) is 10.5. The van der Waals surface area contributed by atoms with Crippen LogP contribution in [-0.2, 0) is 30.4 Å². The van der Waals surface area contributed by atoms with Crippen LogP contribution in [0.1, 0.15) is 31.4 Å². The van der Waals surface area contributed by atoms with Crippen molar-refractivity contribution in [3.8, 4) is 0 Å². The molecule has 0 radical (unpaired) electrons. The molecule has 3 amide bonds. The number of rotatable bonds is 16. The predicted molar refractivity (Wildman–Crippen MR) is 123 cm³/mol. The summed E-state index contributed by atoms with van der Waals surface area (Å²) in [5.41, 5.74) is 11.8. The van der Waals surface area contributed by atoms with Crippen LogP contribution in [0.25, 0.3) is 0 Å². The number of amides is 3. The second-order valence-electron chi connectivity index (χ2n) is 7.47. The van der Waals surface area contributed by atoms with Crippen LogP contribution in [0, 0.1) is 0 Å². The molecule has 0 fully saturated rings. The molecule has 0 bridgehead atoms. The molecular weight excluding hydrogens is 470 g/mol. The summed E-state index contributed by atoms with van der Waals surface area (Å²) in [6.45, 7) is 0.373. The highest BCUT2D eigenvalue weighted by Crippen LogP contribution is 2.04. The summed E-state index contributed by atoms with van der Waals surface area (Å²) < 4.78 is 0. The topological polar surface area (TPSA) is 243 Å². The molecule has 14 nitrogen and oxygen atoms in total. The van der Waals surface area contributed by atoms with Crippen molar-refractivity contribution < 1.29 is 34.2 Å². The largest absolute Gasteiger partial charge is 0.481 e. The van der Waals surface area contributed by atoms with Gasteiger partial charge in [-0.05, 0) is 25.8 Å². The van der Waals surface area contributed by atoms with E-state index >= 15 is 0 Å². The maximum absolute atomic E-state index is 12.7. The zero-order valence-electron chi connectivity index (χ0n) is 18.4. The van der Waals surface area contributed by atoms with Crippen molar-refractivity contribution in [3.63, 3.8) is 0 Å². The van der Waals surface area contributed by atoms with Gasteiger partial charge < -0.3 is 42.6 Å². The molecule has 0 saturated carbocycles. The molecule has 4 atom stereocenters. The number of carbonyl (C=O) groups excluding carboxylic acids is 3. The van der Waals surface area contributed by atoms with Crippen molar-refractivity contribution in [2.24, 2.45) is 11.5 Å². The summed E-state index contributed by atoms with van der Waals surface area (Å²) in [7, 11) is 0. The smallest absolute Gasteiger partial charge is 0.326 e. The first-order valence-corrected chi connectivity index (χ1v) is 11.1. The van der Waals surface area contributed by atoms with E-state index in [-0.39, 0.29) is 18.6 Å². The Morgan fingerprint density at radius 1 is 1.00 bits per heavy atom. The molecule has 0 aliphatic heterocycles. The number of unbranched alkanes of at least 4 members (excludes halogenated alkanes) is 1. The fourth-order valence-electron chi connectivity index (χ4n) is 2.88. The summed E-state index contributed by atoms with van der Waals surface area (Å²) in [6, 6.07) is -5.11. The van der Waals surface area contributed by atoms with Gasteiger partial charge in [0.1, 0.15) is 18.1 Å². The molecule has 0 spiro atoms. The molecule has 4 unspecified atom stereocenters. The number of nitrogens with one attached hydrogen (secondary N) is 4. The van der Waals surface area contributed by atoms with Gasteiger partial charge in [0.15, 0.2) is 0 Å². The van der Waals surface area contributed by atoms with Crippen LogP contribution in [-0.4, -0.2) is 86.3 Å². The highest BCUT2D eigenvalue weighted by molar-refractivity contribution is 7.80. The molecule has 0 aliphatic rings. The Labute approximate surface area is 201 Å². The van der Waals surface area contributed by atoms with E-state index in [1.54, 1.807) is 0 Å². The van der Waals surface area contributed by atoms with Crippen molar-refractivity contribution >= 4 is 42.3 Å². The fraction of sp³-hybridized carbons (Fsp3) is 0.579. The van der Waals surface area contributed by atoms with Gasteiger partial charge in [-0.2, -0.15) is 12.6 Å². The van der Waals surface area contributed by atoms with Gasteiger partial charge in [-0.25, -0.2) is 9.78 Å². The Kier molecular flexibility index (Phi) is 12.6. The van der Waals surface area contributed by atoms with Crippen LogP contribution in [0.2, 0.25) is 0 Å². The van der Waals surface area contributed by atoms with Gasteiger partial charge in [0.05, 0.1) is 18.8 Å². The van der Waals surface area contributed by atoms with Crippen molar-refractivity contribution in [1.82, 2.24) is 25.9 Å². The Morgan fingerprint density at radius 2 is 1.62 bits per heavy atom. The lowest BCUT2D eigenvalue weighted by atomic mass is 10.1. The molecular formula is C19H31N7O7S. The normalized spacial score (nSPS) is 14.3. The van der Waals surface area contributed by atoms with Gasteiger partial charge in [-0.1, -0.05) is 0 Å². The molecule has 10 N–H and O–H groups in total. The van der Waals surface area contributed by atoms with E-state index in [1.165, 1.54) is 12.5 Å². The number of nitrogens with zero attached hydrogens (tertiary/aromatic N) is 1. The van der Waals surface area contributed by atoms with Gasteiger partial charge in [0.25, 0.3) is 0 Å². The van der Waals surface area contributed by atoms with Crippen molar-refractivity contribution in [2.75, 3.05) is 12.3 Å². The lowest BCUT2D eigenvalue weighted by Crippen LogP contribution is -2.58. The monoisotopic (exact) mass is 501 g/mol. The average molecular weight is 502 g/mol. The molecule has 0 aromatic carbocycles. The maximum Gasteiger partial charge on any atom is 0.326 e. The minimum Gasteiger partial charge on any atom is -0.481 e. The van der Waals surface area contributed by atoms with Crippen LogP contribution in [0.3, 0.4) is 0 Å². The van der Waals surface area contributed by atoms with Crippen molar-refractivity contribution in [3.05, 3.63) is 18.2 Å². The molecule has 1 aromatic heterocycles.